The largest absolute Gasteiger partial charge is 0.750 e. The van der Waals surface area contributed by atoms with Crippen molar-refractivity contribution in [3.05, 3.63) is 0 Å². The maximum Gasteiger partial charge on any atom is 0.0842 e. The molecule has 3 nitrogen and oxygen atoms in total. The minimum Gasteiger partial charge on any atom is -0.750 e. The molecule has 0 radical (unpaired) electrons. The lowest BCUT2D eigenvalue weighted by Gasteiger charge is -2.06. The van der Waals surface area contributed by atoms with Crippen LogP contribution in [0.4, 0.5) is 0 Å². The van der Waals surface area contributed by atoms with Gasteiger partial charge in [-0.25, -0.2) is 4.21 Å². The summed E-state index contributed by atoms with van der Waals surface area (Å²) in [6.45, 7) is 4.70. The van der Waals surface area contributed by atoms with Gasteiger partial charge in [0.05, 0.1) is 18.0 Å². The monoisotopic (exact) mass is 193 g/mol. The molecule has 0 fully saturated rings. The lowest BCUT2D eigenvalue weighted by atomic mass is 10.1. The van der Waals surface area contributed by atoms with Crippen molar-refractivity contribution in [2.45, 2.75) is 39.5 Å². The zero-order valence-corrected chi connectivity index (χ0v) is 8.56. The number of rotatable bonds is 7. The first-order valence-electron chi connectivity index (χ1n) is 4.35. The lowest BCUT2D eigenvalue weighted by Crippen LogP contribution is -1.97. The average Bonchev–Trinajstić information content (AvgIpc) is 1.95. The molecular weight excluding hydrogens is 176 g/mol. The van der Waals surface area contributed by atoms with Crippen molar-refractivity contribution in [2.75, 3.05) is 6.61 Å². The van der Waals surface area contributed by atoms with Gasteiger partial charge in [0, 0.05) is 0 Å². The summed E-state index contributed by atoms with van der Waals surface area (Å²) in [5, 5.41) is 0. The molecule has 0 heterocycles. The van der Waals surface area contributed by atoms with Crippen LogP contribution in [-0.2, 0) is 15.5 Å². The van der Waals surface area contributed by atoms with E-state index >= 15 is 0 Å². The molecule has 4 heteroatoms. The van der Waals surface area contributed by atoms with E-state index in [0.29, 0.717) is 6.61 Å². The van der Waals surface area contributed by atoms with E-state index in [2.05, 4.69) is 18.0 Å². The topological polar surface area (TPSA) is 49.4 Å². The van der Waals surface area contributed by atoms with Gasteiger partial charge in [-0.3, -0.25) is 0 Å². The fourth-order valence-corrected chi connectivity index (χ4v) is 1.21. The predicted molar refractivity (Wildman–Crippen MR) is 48.2 cm³/mol. The molecule has 1 atom stereocenters. The zero-order chi connectivity index (χ0) is 9.40. The Morgan fingerprint density at radius 2 is 2.00 bits per heavy atom. The Kier molecular flexibility index (Phi) is 7.75. The highest BCUT2D eigenvalue weighted by Gasteiger charge is 1.94. The van der Waals surface area contributed by atoms with E-state index in [1.165, 1.54) is 6.42 Å². The third kappa shape index (κ3) is 10.1. The molecule has 74 valence electrons. The van der Waals surface area contributed by atoms with Crippen LogP contribution in [0.5, 0.6) is 0 Å². The van der Waals surface area contributed by atoms with E-state index in [1.54, 1.807) is 0 Å². The SMILES string of the molecule is CC(C)CCCCCOS(=O)[O-]. The Hall–Kier alpha value is 0.0700. The Morgan fingerprint density at radius 1 is 1.33 bits per heavy atom. The molecule has 12 heavy (non-hydrogen) atoms. The van der Waals surface area contributed by atoms with E-state index in [0.717, 1.165) is 25.2 Å². The van der Waals surface area contributed by atoms with Crippen molar-refractivity contribution >= 4 is 11.4 Å². The second kappa shape index (κ2) is 7.71. The number of unbranched alkanes of at least 4 members (excludes halogenated alkanes) is 2. The first-order chi connectivity index (χ1) is 5.63. The first-order valence-corrected chi connectivity index (χ1v) is 5.35. The summed E-state index contributed by atoms with van der Waals surface area (Å²) in [6.07, 6.45) is 4.25. The Labute approximate surface area is 77.0 Å². The summed E-state index contributed by atoms with van der Waals surface area (Å²) in [6, 6.07) is 0. The molecule has 1 unspecified atom stereocenters. The standard InChI is InChI=1S/C8H18O3S/c1-8(2)6-4-3-5-7-11-12(9)10/h8H,3-7H2,1-2H3,(H,9,10)/p-1. The highest BCUT2D eigenvalue weighted by Crippen LogP contribution is 2.07. The minimum atomic E-state index is -2.33. The smallest absolute Gasteiger partial charge is 0.0842 e. The second-order valence-electron chi connectivity index (χ2n) is 3.27. The third-order valence-corrected chi connectivity index (χ3v) is 1.96. The molecule has 0 rings (SSSR count). The van der Waals surface area contributed by atoms with Gasteiger partial charge in [-0.15, -0.1) is 0 Å². The minimum absolute atomic E-state index is 0.328. The Morgan fingerprint density at radius 3 is 2.50 bits per heavy atom. The van der Waals surface area contributed by atoms with Crippen molar-refractivity contribution < 1.29 is 12.9 Å². The van der Waals surface area contributed by atoms with Gasteiger partial charge >= 0.3 is 0 Å². The fourth-order valence-electron chi connectivity index (χ4n) is 0.958. The van der Waals surface area contributed by atoms with Crippen LogP contribution in [0.1, 0.15) is 39.5 Å². The normalized spacial score (nSPS) is 13.7. The van der Waals surface area contributed by atoms with Gasteiger partial charge in [-0.1, -0.05) is 33.1 Å². The second-order valence-corrected chi connectivity index (χ2v) is 3.91. The maximum atomic E-state index is 9.92. The number of hydrogen-bond acceptors (Lipinski definition) is 3. The van der Waals surface area contributed by atoms with E-state index in [4.69, 9.17) is 0 Å². The highest BCUT2D eigenvalue weighted by atomic mass is 32.2. The molecule has 0 aromatic heterocycles. The van der Waals surface area contributed by atoms with E-state index < -0.39 is 11.4 Å². The molecule has 0 amide bonds. The van der Waals surface area contributed by atoms with Crippen molar-refractivity contribution in [2.24, 2.45) is 5.92 Å². The molecule has 0 aromatic rings. The van der Waals surface area contributed by atoms with Gasteiger partial charge in [0.2, 0.25) is 0 Å². The summed E-state index contributed by atoms with van der Waals surface area (Å²) in [5.74, 6) is 0.736. The molecule has 0 spiro atoms. The molecule has 0 saturated carbocycles. The molecule has 0 bridgehead atoms. The van der Waals surface area contributed by atoms with Gasteiger partial charge < -0.3 is 8.74 Å². The average molecular weight is 193 g/mol. The van der Waals surface area contributed by atoms with Crippen molar-refractivity contribution in [3.63, 3.8) is 0 Å². The van der Waals surface area contributed by atoms with Crippen LogP contribution in [0.25, 0.3) is 0 Å². The lowest BCUT2D eigenvalue weighted by molar-refractivity contribution is 0.290. The van der Waals surface area contributed by atoms with Gasteiger partial charge in [0.1, 0.15) is 0 Å². The van der Waals surface area contributed by atoms with E-state index in [-0.39, 0.29) is 0 Å². The Bertz CT molecular complexity index is 125. The summed E-state index contributed by atoms with van der Waals surface area (Å²) < 4.78 is 24.2. The summed E-state index contributed by atoms with van der Waals surface area (Å²) in [7, 11) is 0. The van der Waals surface area contributed by atoms with Crippen LogP contribution >= 0.6 is 0 Å². The maximum absolute atomic E-state index is 9.92. The van der Waals surface area contributed by atoms with Crippen molar-refractivity contribution in [3.8, 4) is 0 Å². The van der Waals surface area contributed by atoms with Crippen molar-refractivity contribution in [1.29, 1.82) is 0 Å². The van der Waals surface area contributed by atoms with Crippen LogP contribution in [-0.4, -0.2) is 15.4 Å². The van der Waals surface area contributed by atoms with Crippen LogP contribution in [0.2, 0.25) is 0 Å². The van der Waals surface area contributed by atoms with Crippen molar-refractivity contribution in [1.82, 2.24) is 0 Å². The van der Waals surface area contributed by atoms with Crippen LogP contribution < -0.4 is 0 Å². The van der Waals surface area contributed by atoms with Crippen LogP contribution in [0, 0.1) is 5.92 Å². The predicted octanol–water partition coefficient (Wildman–Crippen LogP) is 2.01. The molecule has 0 aliphatic carbocycles. The zero-order valence-electron chi connectivity index (χ0n) is 7.75. The molecule has 0 aliphatic heterocycles. The summed E-state index contributed by atoms with van der Waals surface area (Å²) >= 11 is -2.33. The van der Waals surface area contributed by atoms with E-state index in [1.807, 2.05) is 0 Å². The fraction of sp³-hybridized carbons (Fsp3) is 1.00. The molecule has 0 N–H and O–H groups in total. The van der Waals surface area contributed by atoms with Gasteiger partial charge in [-0.05, 0) is 12.3 Å². The van der Waals surface area contributed by atoms with Gasteiger partial charge in [-0.2, -0.15) is 0 Å². The Balaban J connectivity index is 2.96. The number of hydrogen-bond donors (Lipinski definition) is 0. The van der Waals surface area contributed by atoms with Crippen LogP contribution in [0.3, 0.4) is 0 Å². The third-order valence-electron chi connectivity index (χ3n) is 1.61. The molecule has 0 aromatic carbocycles. The first kappa shape index (κ1) is 12.1. The van der Waals surface area contributed by atoms with Crippen LogP contribution in [0.15, 0.2) is 0 Å². The van der Waals surface area contributed by atoms with Gasteiger partial charge in [0.15, 0.2) is 0 Å². The summed E-state index contributed by atoms with van der Waals surface area (Å²) in [4.78, 5) is 0. The highest BCUT2D eigenvalue weighted by molar-refractivity contribution is 7.74. The molecular formula is C8H17O3S-. The van der Waals surface area contributed by atoms with Gasteiger partial charge in [0.25, 0.3) is 0 Å². The molecule has 0 aliphatic rings. The molecule has 0 saturated heterocycles. The summed E-state index contributed by atoms with van der Waals surface area (Å²) in [5.41, 5.74) is 0. The van der Waals surface area contributed by atoms with E-state index in [9.17, 15) is 8.76 Å². The quantitative estimate of drug-likeness (QED) is 0.459.